The van der Waals surface area contributed by atoms with Crippen molar-refractivity contribution < 1.29 is 14.4 Å². The molecule has 6 nitrogen and oxygen atoms in total. The first-order chi connectivity index (χ1) is 10.4. The highest BCUT2D eigenvalue weighted by atomic mass is 16.2. The number of nitrogens with one attached hydrogen (secondary N) is 1. The largest absolute Gasteiger partial charge is 0.323 e. The zero-order valence-electron chi connectivity index (χ0n) is 12.9. The van der Waals surface area contributed by atoms with Crippen molar-refractivity contribution in [2.75, 3.05) is 25.5 Å². The molecule has 4 amide bonds. The smallest absolute Gasteiger partial charge is 0.321 e. The maximum atomic E-state index is 12.4. The molecule has 2 unspecified atom stereocenters. The van der Waals surface area contributed by atoms with Crippen molar-refractivity contribution in [3.05, 3.63) is 29.3 Å². The van der Waals surface area contributed by atoms with Gasteiger partial charge in [0.1, 0.15) is 0 Å². The van der Waals surface area contributed by atoms with E-state index in [9.17, 15) is 14.4 Å². The number of carbonyl (C=O) groups is 3. The Labute approximate surface area is 129 Å². The highest BCUT2D eigenvalue weighted by Crippen LogP contribution is 2.33. The topological polar surface area (TPSA) is 69.7 Å². The molecule has 2 atom stereocenters. The van der Waals surface area contributed by atoms with Crippen molar-refractivity contribution in [1.82, 2.24) is 9.80 Å². The van der Waals surface area contributed by atoms with E-state index < -0.39 is 0 Å². The average molecular weight is 301 g/mol. The monoisotopic (exact) mass is 301 g/mol. The summed E-state index contributed by atoms with van der Waals surface area (Å²) < 4.78 is 0. The molecule has 22 heavy (non-hydrogen) atoms. The van der Waals surface area contributed by atoms with Crippen LogP contribution < -0.4 is 5.32 Å². The molecule has 0 bridgehead atoms. The number of anilines is 1. The molecule has 2 saturated heterocycles. The number of para-hydroxylation sites is 1. The quantitative estimate of drug-likeness (QED) is 0.797. The van der Waals surface area contributed by atoms with Gasteiger partial charge in [-0.3, -0.25) is 14.5 Å². The lowest BCUT2D eigenvalue weighted by Crippen LogP contribution is -2.38. The van der Waals surface area contributed by atoms with Gasteiger partial charge in [0.05, 0.1) is 11.8 Å². The molecule has 0 aromatic heterocycles. The van der Waals surface area contributed by atoms with Gasteiger partial charge in [0.25, 0.3) is 0 Å². The summed E-state index contributed by atoms with van der Waals surface area (Å²) >= 11 is 0. The molecule has 2 fully saturated rings. The predicted molar refractivity (Wildman–Crippen MR) is 81.3 cm³/mol. The SMILES string of the molecule is Cc1cccc(C)c1NC(=O)N1CC2C(=O)N(C)C(=O)C2C1. The van der Waals surface area contributed by atoms with Crippen LogP contribution in [0.5, 0.6) is 0 Å². The van der Waals surface area contributed by atoms with Crippen LogP contribution in [0, 0.1) is 25.7 Å². The number of hydrogen-bond acceptors (Lipinski definition) is 3. The number of carbonyl (C=O) groups excluding carboxylic acids is 3. The third-order valence-corrected chi connectivity index (χ3v) is 4.62. The van der Waals surface area contributed by atoms with Crippen LogP contribution in [-0.4, -0.2) is 47.8 Å². The van der Waals surface area contributed by atoms with Gasteiger partial charge in [0, 0.05) is 25.8 Å². The standard InChI is InChI=1S/C16H19N3O3/c1-9-5-4-6-10(2)13(9)17-16(22)19-7-11-12(8-19)15(21)18(3)14(11)20/h4-6,11-12H,7-8H2,1-3H3,(H,17,22). The summed E-state index contributed by atoms with van der Waals surface area (Å²) in [5.74, 6) is -1.14. The summed E-state index contributed by atoms with van der Waals surface area (Å²) in [5.41, 5.74) is 2.76. The van der Waals surface area contributed by atoms with Crippen LogP contribution in [0.15, 0.2) is 18.2 Å². The Morgan fingerprint density at radius 3 is 2.09 bits per heavy atom. The summed E-state index contributed by atoms with van der Waals surface area (Å²) in [6, 6.07) is 5.55. The number of benzene rings is 1. The minimum absolute atomic E-state index is 0.183. The van der Waals surface area contributed by atoms with E-state index in [2.05, 4.69) is 5.32 Å². The molecule has 2 heterocycles. The van der Waals surface area contributed by atoms with Gasteiger partial charge in [-0.1, -0.05) is 18.2 Å². The third-order valence-electron chi connectivity index (χ3n) is 4.62. The van der Waals surface area contributed by atoms with Crippen LogP contribution in [0.2, 0.25) is 0 Å². The van der Waals surface area contributed by atoms with E-state index >= 15 is 0 Å². The minimum atomic E-state index is -0.388. The Hall–Kier alpha value is -2.37. The third kappa shape index (κ3) is 2.15. The molecule has 2 aliphatic heterocycles. The van der Waals surface area contributed by atoms with Gasteiger partial charge in [-0.25, -0.2) is 4.79 Å². The first kappa shape index (κ1) is 14.6. The lowest BCUT2D eigenvalue weighted by atomic mass is 10.00. The maximum Gasteiger partial charge on any atom is 0.321 e. The van der Waals surface area contributed by atoms with Gasteiger partial charge >= 0.3 is 6.03 Å². The van der Waals surface area contributed by atoms with Gasteiger partial charge in [-0.05, 0) is 25.0 Å². The minimum Gasteiger partial charge on any atom is -0.323 e. The van der Waals surface area contributed by atoms with E-state index in [1.54, 1.807) is 4.90 Å². The molecule has 1 aromatic rings. The van der Waals surface area contributed by atoms with E-state index in [0.717, 1.165) is 16.8 Å². The van der Waals surface area contributed by atoms with Gasteiger partial charge in [0.15, 0.2) is 0 Å². The first-order valence-electron chi connectivity index (χ1n) is 7.33. The maximum absolute atomic E-state index is 12.4. The van der Waals surface area contributed by atoms with Crippen molar-refractivity contribution in [2.24, 2.45) is 11.8 Å². The number of hydrogen-bond donors (Lipinski definition) is 1. The second-order valence-electron chi connectivity index (χ2n) is 6.05. The van der Waals surface area contributed by atoms with E-state index in [0.29, 0.717) is 13.1 Å². The Kier molecular flexibility index (Phi) is 3.39. The number of urea groups is 1. The second-order valence-corrected chi connectivity index (χ2v) is 6.05. The molecule has 3 rings (SSSR count). The van der Waals surface area contributed by atoms with E-state index in [1.165, 1.54) is 11.9 Å². The van der Waals surface area contributed by atoms with E-state index in [1.807, 2.05) is 32.0 Å². The van der Waals surface area contributed by atoms with Crippen molar-refractivity contribution in [1.29, 1.82) is 0 Å². The number of amides is 4. The fraction of sp³-hybridized carbons (Fsp3) is 0.438. The number of nitrogens with zero attached hydrogens (tertiary/aromatic N) is 2. The van der Waals surface area contributed by atoms with Gasteiger partial charge in [-0.15, -0.1) is 0 Å². The molecule has 0 aliphatic carbocycles. The van der Waals surface area contributed by atoms with Crippen LogP contribution in [0.3, 0.4) is 0 Å². The molecule has 0 saturated carbocycles. The highest BCUT2D eigenvalue weighted by molar-refractivity contribution is 6.06. The highest BCUT2D eigenvalue weighted by Gasteiger charge is 2.52. The van der Waals surface area contributed by atoms with Crippen molar-refractivity contribution >= 4 is 23.5 Å². The van der Waals surface area contributed by atoms with Gasteiger partial charge in [-0.2, -0.15) is 0 Å². The van der Waals surface area contributed by atoms with Crippen molar-refractivity contribution in [3.63, 3.8) is 0 Å². The molecule has 2 aliphatic rings. The van der Waals surface area contributed by atoms with Gasteiger partial charge in [0.2, 0.25) is 11.8 Å². The molecule has 6 heteroatoms. The summed E-state index contributed by atoms with van der Waals surface area (Å²) in [6.45, 7) is 4.47. The number of likely N-dealkylation sites (tertiary alicyclic amines) is 2. The van der Waals surface area contributed by atoms with Crippen molar-refractivity contribution in [3.8, 4) is 0 Å². The normalized spacial score (nSPS) is 24.0. The van der Waals surface area contributed by atoms with Gasteiger partial charge < -0.3 is 10.2 Å². The van der Waals surface area contributed by atoms with Crippen LogP contribution in [0.25, 0.3) is 0 Å². The first-order valence-corrected chi connectivity index (χ1v) is 7.33. The lowest BCUT2D eigenvalue weighted by molar-refractivity contribution is -0.138. The molecule has 0 spiro atoms. The molecular formula is C16H19N3O3. The van der Waals surface area contributed by atoms with Crippen LogP contribution >= 0.6 is 0 Å². The Morgan fingerprint density at radius 1 is 1.09 bits per heavy atom. The van der Waals surface area contributed by atoms with E-state index in [4.69, 9.17) is 0 Å². The lowest BCUT2D eigenvalue weighted by Gasteiger charge is -2.21. The summed E-state index contributed by atoms with van der Waals surface area (Å²) in [4.78, 5) is 39.1. The molecule has 0 radical (unpaired) electrons. The van der Waals surface area contributed by atoms with Crippen molar-refractivity contribution in [2.45, 2.75) is 13.8 Å². The fourth-order valence-electron chi connectivity index (χ4n) is 3.27. The Balaban J connectivity index is 1.73. The number of aryl methyl sites for hydroxylation is 2. The van der Waals surface area contributed by atoms with Crippen LogP contribution in [-0.2, 0) is 9.59 Å². The number of imide groups is 1. The zero-order chi connectivity index (χ0) is 16.0. The van der Waals surface area contributed by atoms with Crippen LogP contribution in [0.4, 0.5) is 10.5 Å². The Morgan fingerprint density at radius 2 is 1.59 bits per heavy atom. The number of rotatable bonds is 1. The molecule has 116 valence electrons. The van der Waals surface area contributed by atoms with Crippen LogP contribution in [0.1, 0.15) is 11.1 Å². The molecular weight excluding hydrogens is 282 g/mol. The summed E-state index contributed by atoms with van der Waals surface area (Å²) in [7, 11) is 1.50. The average Bonchev–Trinajstić information content (AvgIpc) is 3.00. The second kappa shape index (κ2) is 5.12. The number of fused-ring (bicyclic) bond motifs is 1. The summed E-state index contributed by atoms with van der Waals surface area (Å²) in [6.07, 6.45) is 0. The van der Waals surface area contributed by atoms with E-state index in [-0.39, 0.29) is 29.7 Å². The summed E-state index contributed by atoms with van der Waals surface area (Å²) in [5, 5.41) is 2.90. The molecule has 1 aromatic carbocycles. The predicted octanol–water partition coefficient (Wildman–Crippen LogP) is 1.38. The Bertz CT molecular complexity index is 626. The zero-order valence-corrected chi connectivity index (χ0v) is 12.9. The fourth-order valence-corrected chi connectivity index (χ4v) is 3.27. The molecule has 1 N–H and O–H groups in total.